The van der Waals surface area contributed by atoms with Crippen LogP contribution >= 0.6 is 11.3 Å². The fraction of sp³-hybridized carbons (Fsp3) is 0.389. The Balaban J connectivity index is 1.61. The molecule has 1 aliphatic rings. The Morgan fingerprint density at radius 3 is 2.91 bits per heavy atom. The predicted molar refractivity (Wildman–Crippen MR) is 94.6 cm³/mol. The van der Waals surface area contributed by atoms with E-state index in [4.69, 9.17) is 0 Å². The second kappa shape index (κ2) is 6.97. The molecule has 1 saturated carbocycles. The van der Waals surface area contributed by atoms with Gasteiger partial charge in [-0.25, -0.2) is 4.99 Å². The molecule has 0 saturated heterocycles. The van der Waals surface area contributed by atoms with Gasteiger partial charge in [0.2, 0.25) is 0 Å². The van der Waals surface area contributed by atoms with Crippen molar-refractivity contribution in [2.24, 2.45) is 4.99 Å². The molecule has 2 unspecified atom stereocenters. The van der Waals surface area contributed by atoms with Gasteiger partial charge in [0.25, 0.3) is 0 Å². The highest BCUT2D eigenvalue weighted by Gasteiger charge is 2.39. The molecule has 0 radical (unpaired) electrons. The second-order valence-electron chi connectivity index (χ2n) is 5.78. The number of aliphatic imine (C=N–C) groups is 1. The minimum absolute atomic E-state index is 0.501. The lowest BCUT2D eigenvalue weighted by atomic mass is 10.0. The average molecular weight is 313 g/mol. The van der Waals surface area contributed by atoms with Crippen LogP contribution in [-0.2, 0) is 6.54 Å². The molecule has 3 rings (SSSR count). The van der Waals surface area contributed by atoms with E-state index in [-0.39, 0.29) is 0 Å². The van der Waals surface area contributed by atoms with E-state index >= 15 is 0 Å². The van der Waals surface area contributed by atoms with Crippen LogP contribution in [0.2, 0.25) is 0 Å². The number of hydrogen-bond acceptors (Lipinski definition) is 2. The molecule has 3 nitrogen and oxygen atoms in total. The van der Waals surface area contributed by atoms with E-state index in [1.54, 1.807) is 11.3 Å². The predicted octanol–water partition coefficient (Wildman–Crippen LogP) is 3.67. The van der Waals surface area contributed by atoms with E-state index in [2.05, 4.69) is 70.6 Å². The molecular formula is C18H23N3S. The molecule has 1 aromatic heterocycles. The van der Waals surface area contributed by atoms with Crippen molar-refractivity contribution in [1.82, 2.24) is 10.6 Å². The first-order chi connectivity index (χ1) is 10.8. The minimum Gasteiger partial charge on any atom is -0.357 e. The van der Waals surface area contributed by atoms with Gasteiger partial charge in [-0.15, -0.1) is 0 Å². The van der Waals surface area contributed by atoms with E-state index in [1.807, 2.05) is 0 Å². The summed E-state index contributed by atoms with van der Waals surface area (Å²) in [6.45, 7) is 5.92. The fourth-order valence-electron chi connectivity index (χ4n) is 2.75. The Morgan fingerprint density at radius 2 is 2.18 bits per heavy atom. The topological polar surface area (TPSA) is 36.4 Å². The minimum atomic E-state index is 0.501. The maximum absolute atomic E-state index is 4.69. The summed E-state index contributed by atoms with van der Waals surface area (Å²) in [5.74, 6) is 1.54. The number of aryl methyl sites for hydroxylation is 1. The van der Waals surface area contributed by atoms with Gasteiger partial charge in [0.1, 0.15) is 0 Å². The molecule has 2 aromatic rings. The van der Waals surface area contributed by atoms with Gasteiger partial charge in [-0.05, 0) is 53.8 Å². The molecule has 0 spiro atoms. The third kappa shape index (κ3) is 3.69. The van der Waals surface area contributed by atoms with Crippen molar-refractivity contribution >= 4 is 17.3 Å². The molecule has 0 aliphatic heterocycles. The largest absolute Gasteiger partial charge is 0.357 e. The van der Waals surface area contributed by atoms with Crippen LogP contribution in [0.5, 0.6) is 0 Å². The Hall–Kier alpha value is -1.81. The van der Waals surface area contributed by atoms with E-state index in [0.29, 0.717) is 12.0 Å². The highest BCUT2D eigenvalue weighted by Crippen LogP contribution is 2.42. The summed E-state index contributed by atoms with van der Waals surface area (Å²) >= 11 is 1.72. The van der Waals surface area contributed by atoms with Crippen LogP contribution in [-0.4, -0.2) is 18.5 Å². The summed E-state index contributed by atoms with van der Waals surface area (Å²) in [6.07, 6.45) is 1.19. The van der Waals surface area contributed by atoms with E-state index in [9.17, 15) is 0 Å². The van der Waals surface area contributed by atoms with Crippen molar-refractivity contribution in [3.05, 3.63) is 57.8 Å². The molecular weight excluding hydrogens is 290 g/mol. The maximum Gasteiger partial charge on any atom is 0.191 e. The van der Waals surface area contributed by atoms with Crippen LogP contribution in [0.25, 0.3) is 0 Å². The number of rotatable bonds is 5. The zero-order chi connectivity index (χ0) is 15.4. The fourth-order valence-corrected chi connectivity index (χ4v) is 3.41. The monoisotopic (exact) mass is 313 g/mol. The van der Waals surface area contributed by atoms with Crippen molar-refractivity contribution in [2.45, 2.75) is 38.8 Å². The van der Waals surface area contributed by atoms with Crippen LogP contribution in [0.4, 0.5) is 0 Å². The maximum atomic E-state index is 4.69. The SMILES string of the molecule is CCNC(=NCc1ccsc1)NC1CC1c1ccccc1C. The smallest absolute Gasteiger partial charge is 0.191 e. The molecule has 2 N–H and O–H groups in total. The molecule has 4 heteroatoms. The first kappa shape index (κ1) is 15.1. The summed E-state index contributed by atoms with van der Waals surface area (Å²) in [6, 6.07) is 11.3. The molecule has 1 heterocycles. The van der Waals surface area contributed by atoms with Gasteiger partial charge in [0.05, 0.1) is 6.54 Å². The van der Waals surface area contributed by atoms with Gasteiger partial charge in [0, 0.05) is 18.5 Å². The molecule has 116 valence electrons. The van der Waals surface area contributed by atoms with Crippen molar-refractivity contribution in [2.75, 3.05) is 6.54 Å². The summed E-state index contributed by atoms with van der Waals surface area (Å²) < 4.78 is 0. The van der Waals surface area contributed by atoms with Gasteiger partial charge in [-0.2, -0.15) is 11.3 Å². The molecule has 0 amide bonds. The Morgan fingerprint density at radius 1 is 1.32 bits per heavy atom. The normalized spacial score (nSPS) is 20.7. The molecule has 2 atom stereocenters. The average Bonchev–Trinajstić information content (AvgIpc) is 3.07. The van der Waals surface area contributed by atoms with Crippen LogP contribution < -0.4 is 10.6 Å². The number of nitrogens with one attached hydrogen (secondary N) is 2. The molecule has 1 aliphatic carbocycles. The van der Waals surface area contributed by atoms with Gasteiger partial charge in [-0.1, -0.05) is 24.3 Å². The van der Waals surface area contributed by atoms with E-state index in [0.717, 1.165) is 19.0 Å². The third-order valence-electron chi connectivity index (χ3n) is 4.04. The highest BCUT2D eigenvalue weighted by molar-refractivity contribution is 7.07. The first-order valence-electron chi connectivity index (χ1n) is 7.89. The zero-order valence-corrected chi connectivity index (χ0v) is 14.0. The molecule has 22 heavy (non-hydrogen) atoms. The molecule has 1 fully saturated rings. The van der Waals surface area contributed by atoms with Crippen LogP contribution in [0, 0.1) is 6.92 Å². The number of nitrogens with zero attached hydrogens (tertiary/aromatic N) is 1. The summed E-state index contributed by atoms with van der Waals surface area (Å²) in [5.41, 5.74) is 4.12. The Bertz CT molecular complexity index is 634. The number of benzene rings is 1. The summed E-state index contributed by atoms with van der Waals surface area (Å²) in [4.78, 5) is 4.69. The van der Waals surface area contributed by atoms with E-state index in [1.165, 1.54) is 23.1 Å². The summed E-state index contributed by atoms with van der Waals surface area (Å²) in [5, 5.41) is 11.2. The van der Waals surface area contributed by atoms with Gasteiger partial charge in [-0.3, -0.25) is 0 Å². The van der Waals surface area contributed by atoms with Crippen molar-refractivity contribution < 1.29 is 0 Å². The third-order valence-corrected chi connectivity index (χ3v) is 4.78. The molecule has 1 aromatic carbocycles. The summed E-state index contributed by atoms with van der Waals surface area (Å²) in [7, 11) is 0. The lowest BCUT2D eigenvalue weighted by Crippen LogP contribution is -2.39. The van der Waals surface area contributed by atoms with Crippen molar-refractivity contribution in [1.29, 1.82) is 0 Å². The van der Waals surface area contributed by atoms with Crippen molar-refractivity contribution in [3.63, 3.8) is 0 Å². The Kier molecular flexibility index (Phi) is 4.78. The van der Waals surface area contributed by atoms with Gasteiger partial charge in [0.15, 0.2) is 5.96 Å². The van der Waals surface area contributed by atoms with Gasteiger partial charge < -0.3 is 10.6 Å². The quantitative estimate of drug-likeness (QED) is 0.653. The standard InChI is InChI=1S/C18H23N3S/c1-3-19-18(20-11-14-8-9-22-12-14)21-17-10-16(17)15-7-5-4-6-13(15)2/h4-9,12,16-17H,3,10-11H2,1-2H3,(H2,19,20,21). The van der Waals surface area contributed by atoms with E-state index < -0.39 is 0 Å². The Labute approximate surface area is 136 Å². The lowest BCUT2D eigenvalue weighted by molar-refractivity contribution is 0.794. The number of thiophene rings is 1. The first-order valence-corrected chi connectivity index (χ1v) is 8.83. The number of guanidine groups is 1. The lowest BCUT2D eigenvalue weighted by Gasteiger charge is -2.11. The van der Waals surface area contributed by atoms with Crippen LogP contribution in [0.15, 0.2) is 46.1 Å². The van der Waals surface area contributed by atoms with Crippen molar-refractivity contribution in [3.8, 4) is 0 Å². The van der Waals surface area contributed by atoms with Gasteiger partial charge >= 0.3 is 0 Å². The highest BCUT2D eigenvalue weighted by atomic mass is 32.1. The number of hydrogen-bond donors (Lipinski definition) is 2. The van der Waals surface area contributed by atoms with Crippen LogP contribution in [0.3, 0.4) is 0 Å². The molecule has 0 bridgehead atoms. The zero-order valence-electron chi connectivity index (χ0n) is 13.2. The second-order valence-corrected chi connectivity index (χ2v) is 6.56. The van der Waals surface area contributed by atoms with Crippen LogP contribution in [0.1, 0.15) is 36.0 Å².